The lowest BCUT2D eigenvalue weighted by Gasteiger charge is -2.37. The summed E-state index contributed by atoms with van der Waals surface area (Å²) in [6.07, 6.45) is 5.06. The first-order valence-corrected chi connectivity index (χ1v) is 10.1. The molecule has 3 fully saturated rings. The Labute approximate surface area is 185 Å². The zero-order valence-electron chi connectivity index (χ0n) is 16.9. The predicted octanol–water partition coefficient (Wildman–Crippen LogP) is 2.80. The van der Waals surface area contributed by atoms with E-state index in [0.29, 0.717) is 0 Å². The van der Waals surface area contributed by atoms with Crippen LogP contribution in [-0.4, -0.2) is 70.1 Å². The molecule has 0 radical (unpaired) electrons. The molecule has 3 aliphatic rings. The molecule has 4 rings (SSSR count). The molecule has 6 nitrogen and oxygen atoms in total. The van der Waals surface area contributed by atoms with Crippen molar-refractivity contribution in [3.63, 3.8) is 0 Å². The SMILES string of the molecule is CN=C(NCC1(c2ccc(OC)cc2)CC1)N1CCOC(C2CCCO2)C1.I. The Kier molecular flexibility index (Phi) is 7.44. The average molecular weight is 501 g/mol. The molecule has 2 aliphatic heterocycles. The number of hydrogen-bond acceptors (Lipinski definition) is 4. The van der Waals surface area contributed by atoms with Crippen LogP contribution in [-0.2, 0) is 14.9 Å². The monoisotopic (exact) mass is 501 g/mol. The maximum absolute atomic E-state index is 5.97. The fraction of sp³-hybridized carbons (Fsp3) is 0.667. The molecule has 1 aliphatic carbocycles. The quantitative estimate of drug-likeness (QED) is 0.382. The minimum absolute atomic E-state index is 0. The third kappa shape index (κ3) is 4.74. The number of methoxy groups -OCH3 is 1. The highest BCUT2D eigenvalue weighted by molar-refractivity contribution is 14.0. The third-order valence-corrected chi connectivity index (χ3v) is 6.13. The van der Waals surface area contributed by atoms with Crippen molar-refractivity contribution in [2.24, 2.45) is 4.99 Å². The number of ether oxygens (including phenoxy) is 3. The maximum atomic E-state index is 5.97. The number of morpholine rings is 1. The minimum Gasteiger partial charge on any atom is -0.497 e. The summed E-state index contributed by atoms with van der Waals surface area (Å²) >= 11 is 0. The van der Waals surface area contributed by atoms with Crippen molar-refractivity contribution in [1.29, 1.82) is 0 Å². The van der Waals surface area contributed by atoms with Gasteiger partial charge in [0.15, 0.2) is 5.96 Å². The van der Waals surface area contributed by atoms with Gasteiger partial charge in [-0.25, -0.2) is 0 Å². The van der Waals surface area contributed by atoms with Crippen LogP contribution in [0.3, 0.4) is 0 Å². The zero-order chi connectivity index (χ0) is 18.7. The summed E-state index contributed by atoms with van der Waals surface area (Å²) in [4.78, 5) is 6.86. The molecule has 2 unspecified atom stereocenters. The number of benzene rings is 1. The summed E-state index contributed by atoms with van der Waals surface area (Å²) < 4.78 is 17.1. The highest BCUT2D eigenvalue weighted by Crippen LogP contribution is 2.47. The Hall–Kier alpha value is -1.06. The van der Waals surface area contributed by atoms with Crippen molar-refractivity contribution in [3.05, 3.63) is 29.8 Å². The molecule has 0 amide bonds. The summed E-state index contributed by atoms with van der Waals surface area (Å²) in [5.41, 5.74) is 1.60. The smallest absolute Gasteiger partial charge is 0.193 e. The van der Waals surface area contributed by atoms with Crippen LogP contribution in [0.25, 0.3) is 0 Å². The van der Waals surface area contributed by atoms with Gasteiger partial charge in [0.25, 0.3) is 0 Å². The molecule has 0 bridgehead atoms. The summed E-state index contributed by atoms with van der Waals surface area (Å²) in [7, 11) is 3.57. The molecule has 156 valence electrons. The summed E-state index contributed by atoms with van der Waals surface area (Å²) in [5, 5.41) is 3.63. The number of hydrogen-bond donors (Lipinski definition) is 1. The van der Waals surface area contributed by atoms with E-state index in [-0.39, 0.29) is 41.6 Å². The van der Waals surface area contributed by atoms with Gasteiger partial charge < -0.3 is 24.4 Å². The molecule has 2 atom stereocenters. The van der Waals surface area contributed by atoms with Crippen molar-refractivity contribution in [2.75, 3.05) is 47.0 Å². The topological polar surface area (TPSA) is 55.3 Å². The summed E-state index contributed by atoms with van der Waals surface area (Å²) in [6.45, 7) is 4.23. The number of rotatable bonds is 5. The second kappa shape index (κ2) is 9.63. The Morgan fingerprint density at radius 1 is 1.21 bits per heavy atom. The molecular weight excluding hydrogens is 469 g/mol. The van der Waals surface area contributed by atoms with Gasteiger partial charge in [-0.3, -0.25) is 4.99 Å². The third-order valence-electron chi connectivity index (χ3n) is 6.13. The molecule has 1 aromatic rings. The molecule has 2 saturated heterocycles. The first kappa shape index (κ1) is 21.6. The molecule has 28 heavy (non-hydrogen) atoms. The van der Waals surface area contributed by atoms with Crippen LogP contribution < -0.4 is 10.1 Å². The zero-order valence-corrected chi connectivity index (χ0v) is 19.2. The highest BCUT2D eigenvalue weighted by Gasteiger charge is 2.44. The van der Waals surface area contributed by atoms with Gasteiger partial charge in [0.1, 0.15) is 11.9 Å². The van der Waals surface area contributed by atoms with E-state index < -0.39 is 0 Å². The highest BCUT2D eigenvalue weighted by atomic mass is 127. The van der Waals surface area contributed by atoms with Gasteiger partial charge in [-0.15, -0.1) is 24.0 Å². The number of nitrogens with zero attached hydrogens (tertiary/aromatic N) is 2. The largest absolute Gasteiger partial charge is 0.497 e. The fourth-order valence-electron chi connectivity index (χ4n) is 4.23. The van der Waals surface area contributed by atoms with Crippen LogP contribution >= 0.6 is 24.0 Å². The van der Waals surface area contributed by atoms with Crippen LogP contribution in [0.15, 0.2) is 29.3 Å². The fourth-order valence-corrected chi connectivity index (χ4v) is 4.23. The van der Waals surface area contributed by atoms with E-state index in [1.165, 1.54) is 18.4 Å². The Balaban J connectivity index is 0.00000225. The standard InChI is InChI=1S/C21H31N3O3.HI/c1-22-20(24-11-13-27-19(14-24)18-4-3-12-26-18)23-15-21(9-10-21)16-5-7-17(25-2)8-6-16;/h5-8,18-19H,3-4,9-15H2,1-2H3,(H,22,23);1H. The Morgan fingerprint density at radius 2 is 1.96 bits per heavy atom. The predicted molar refractivity (Wildman–Crippen MR) is 121 cm³/mol. The van der Waals surface area contributed by atoms with E-state index >= 15 is 0 Å². The van der Waals surface area contributed by atoms with Gasteiger partial charge in [-0.2, -0.15) is 0 Å². The lowest BCUT2D eigenvalue weighted by Crippen LogP contribution is -2.54. The van der Waals surface area contributed by atoms with Gasteiger partial charge in [0.2, 0.25) is 0 Å². The molecule has 1 N–H and O–H groups in total. The van der Waals surface area contributed by atoms with Crippen molar-refractivity contribution < 1.29 is 14.2 Å². The molecule has 1 saturated carbocycles. The van der Waals surface area contributed by atoms with Crippen molar-refractivity contribution in [3.8, 4) is 5.75 Å². The normalized spacial score (nSPS) is 26.5. The van der Waals surface area contributed by atoms with E-state index in [1.807, 2.05) is 7.05 Å². The van der Waals surface area contributed by atoms with Gasteiger partial charge in [0, 0.05) is 38.7 Å². The molecule has 0 aromatic heterocycles. The van der Waals surface area contributed by atoms with Crippen LogP contribution in [0, 0.1) is 0 Å². The molecular formula is C21H32IN3O3. The van der Waals surface area contributed by atoms with E-state index in [1.54, 1.807) is 7.11 Å². The van der Waals surface area contributed by atoms with E-state index in [2.05, 4.69) is 39.5 Å². The van der Waals surface area contributed by atoms with Crippen LogP contribution in [0.4, 0.5) is 0 Å². The van der Waals surface area contributed by atoms with Crippen molar-refractivity contribution in [2.45, 2.75) is 43.3 Å². The van der Waals surface area contributed by atoms with Gasteiger partial charge in [0.05, 0.1) is 19.8 Å². The summed E-state index contributed by atoms with van der Waals surface area (Å²) in [5.74, 6) is 1.88. The first-order valence-electron chi connectivity index (χ1n) is 10.1. The van der Waals surface area contributed by atoms with Crippen molar-refractivity contribution in [1.82, 2.24) is 10.2 Å². The van der Waals surface area contributed by atoms with Crippen LogP contribution in [0.1, 0.15) is 31.2 Å². The minimum atomic E-state index is 0. The van der Waals surface area contributed by atoms with Gasteiger partial charge in [-0.05, 0) is 43.4 Å². The van der Waals surface area contributed by atoms with Gasteiger partial charge >= 0.3 is 0 Å². The lowest BCUT2D eigenvalue weighted by molar-refractivity contribution is -0.0817. The number of guanidine groups is 1. The first-order chi connectivity index (χ1) is 13.2. The van der Waals surface area contributed by atoms with Crippen LogP contribution in [0.2, 0.25) is 0 Å². The number of aliphatic imine (C=N–C) groups is 1. The molecule has 1 aromatic carbocycles. The van der Waals surface area contributed by atoms with E-state index in [0.717, 1.165) is 57.4 Å². The summed E-state index contributed by atoms with van der Waals surface area (Å²) in [6, 6.07) is 8.49. The molecule has 2 heterocycles. The van der Waals surface area contributed by atoms with E-state index in [4.69, 9.17) is 14.2 Å². The molecule has 7 heteroatoms. The second-order valence-electron chi connectivity index (χ2n) is 7.82. The second-order valence-corrected chi connectivity index (χ2v) is 7.82. The van der Waals surface area contributed by atoms with Crippen LogP contribution in [0.5, 0.6) is 5.75 Å². The van der Waals surface area contributed by atoms with E-state index in [9.17, 15) is 0 Å². The Morgan fingerprint density at radius 3 is 2.57 bits per heavy atom. The Bertz CT molecular complexity index is 657. The number of nitrogens with one attached hydrogen (secondary N) is 1. The maximum Gasteiger partial charge on any atom is 0.193 e. The average Bonchev–Trinajstić information content (AvgIpc) is 3.31. The molecule has 0 spiro atoms. The number of halogens is 1. The van der Waals surface area contributed by atoms with Gasteiger partial charge in [-0.1, -0.05) is 12.1 Å². The lowest BCUT2D eigenvalue weighted by atomic mass is 9.96. The van der Waals surface area contributed by atoms with Crippen molar-refractivity contribution >= 4 is 29.9 Å².